The van der Waals surface area contributed by atoms with Crippen LogP contribution < -0.4 is 10.0 Å². The van der Waals surface area contributed by atoms with Gasteiger partial charge in [-0.1, -0.05) is 25.3 Å². The Labute approximate surface area is 153 Å². The van der Waals surface area contributed by atoms with Crippen molar-refractivity contribution in [2.45, 2.75) is 45.1 Å². The second kappa shape index (κ2) is 7.49. The molecule has 0 aliphatic heterocycles. The number of anilines is 2. The number of hydrogen-bond acceptors (Lipinski definition) is 4. The predicted octanol–water partition coefficient (Wildman–Crippen LogP) is 3.32. The maximum absolute atomic E-state index is 12.6. The van der Waals surface area contributed by atoms with Crippen LogP contribution in [0.15, 0.2) is 30.5 Å². The topological polar surface area (TPSA) is 93.1 Å². The minimum atomic E-state index is -3.41. The van der Waals surface area contributed by atoms with E-state index in [4.69, 9.17) is 0 Å². The number of carbonyl (C=O) groups is 1. The lowest BCUT2D eigenvalue weighted by Crippen LogP contribution is -2.20. The molecule has 3 rings (SSSR count). The van der Waals surface area contributed by atoms with E-state index < -0.39 is 10.0 Å². The van der Waals surface area contributed by atoms with Crippen molar-refractivity contribution in [1.82, 2.24) is 9.78 Å². The van der Waals surface area contributed by atoms with E-state index in [-0.39, 0.29) is 5.91 Å². The van der Waals surface area contributed by atoms with E-state index in [1.165, 1.54) is 19.3 Å². The second-order valence-corrected chi connectivity index (χ2v) is 8.56. The van der Waals surface area contributed by atoms with Gasteiger partial charge >= 0.3 is 0 Å². The molecule has 1 aliphatic carbocycles. The van der Waals surface area contributed by atoms with Crippen LogP contribution in [-0.2, 0) is 10.0 Å². The molecule has 1 fully saturated rings. The van der Waals surface area contributed by atoms with Gasteiger partial charge in [0.05, 0.1) is 24.2 Å². The van der Waals surface area contributed by atoms with Crippen LogP contribution in [0.5, 0.6) is 0 Å². The minimum absolute atomic E-state index is 0.292. The van der Waals surface area contributed by atoms with E-state index >= 15 is 0 Å². The van der Waals surface area contributed by atoms with Gasteiger partial charge in [-0.2, -0.15) is 5.10 Å². The average Bonchev–Trinajstić information content (AvgIpc) is 3.04. The molecule has 7 nitrogen and oxygen atoms in total. The summed E-state index contributed by atoms with van der Waals surface area (Å²) in [4.78, 5) is 12.6. The smallest absolute Gasteiger partial charge is 0.256 e. The first kappa shape index (κ1) is 18.4. The molecule has 0 radical (unpaired) electrons. The summed E-state index contributed by atoms with van der Waals surface area (Å²) in [7, 11) is -3.41. The first-order valence-electron chi connectivity index (χ1n) is 8.77. The van der Waals surface area contributed by atoms with E-state index in [0.717, 1.165) is 24.7 Å². The predicted molar refractivity (Wildman–Crippen MR) is 102 cm³/mol. The fourth-order valence-corrected chi connectivity index (χ4v) is 3.91. The van der Waals surface area contributed by atoms with Gasteiger partial charge in [0, 0.05) is 11.6 Å². The lowest BCUT2D eigenvalue weighted by molar-refractivity contribution is 0.102. The lowest BCUT2D eigenvalue weighted by Gasteiger charge is -2.24. The van der Waals surface area contributed by atoms with Crippen molar-refractivity contribution >= 4 is 27.4 Å². The van der Waals surface area contributed by atoms with Crippen LogP contribution in [-0.4, -0.2) is 30.4 Å². The van der Waals surface area contributed by atoms with Crippen molar-refractivity contribution in [1.29, 1.82) is 0 Å². The average molecular weight is 376 g/mol. The Morgan fingerprint density at radius 3 is 2.62 bits per heavy atom. The van der Waals surface area contributed by atoms with Crippen molar-refractivity contribution in [2.24, 2.45) is 0 Å². The van der Waals surface area contributed by atoms with E-state index in [1.807, 2.05) is 4.68 Å². The molecule has 1 heterocycles. The summed E-state index contributed by atoms with van der Waals surface area (Å²) >= 11 is 0. The zero-order chi connectivity index (χ0) is 18.7. The van der Waals surface area contributed by atoms with Crippen molar-refractivity contribution < 1.29 is 13.2 Å². The number of nitrogens with one attached hydrogen (secondary N) is 2. The van der Waals surface area contributed by atoms with Gasteiger partial charge in [0.1, 0.15) is 5.82 Å². The standard InChI is InChI=1S/C18H24N4O3S/c1-13-8-9-14(12-16(13)21-26(2,24)25)18(23)20-17-10-11-19-22(17)15-6-4-3-5-7-15/h8-12,15,21H,3-7H2,1-2H3,(H,20,23). The summed E-state index contributed by atoms with van der Waals surface area (Å²) in [5.41, 5.74) is 1.54. The maximum atomic E-state index is 12.6. The highest BCUT2D eigenvalue weighted by atomic mass is 32.2. The Hall–Kier alpha value is -2.35. The molecule has 2 N–H and O–H groups in total. The van der Waals surface area contributed by atoms with Crippen LogP contribution in [0.4, 0.5) is 11.5 Å². The Kier molecular flexibility index (Phi) is 5.31. The van der Waals surface area contributed by atoms with Crippen molar-refractivity contribution in [3.8, 4) is 0 Å². The number of benzene rings is 1. The molecule has 8 heteroatoms. The van der Waals surface area contributed by atoms with Crippen LogP contribution in [0, 0.1) is 6.92 Å². The minimum Gasteiger partial charge on any atom is -0.307 e. The highest BCUT2D eigenvalue weighted by molar-refractivity contribution is 7.92. The summed E-state index contributed by atoms with van der Waals surface area (Å²) in [6.07, 6.45) is 8.51. The van der Waals surface area contributed by atoms with Gasteiger partial charge in [-0.05, 0) is 37.5 Å². The van der Waals surface area contributed by atoms with Crippen molar-refractivity contribution in [2.75, 3.05) is 16.3 Å². The van der Waals surface area contributed by atoms with Gasteiger partial charge in [0.2, 0.25) is 10.0 Å². The number of amides is 1. The molecule has 140 valence electrons. The molecule has 1 amide bonds. The van der Waals surface area contributed by atoms with Crippen molar-refractivity contribution in [3.05, 3.63) is 41.6 Å². The first-order valence-corrected chi connectivity index (χ1v) is 10.7. The van der Waals surface area contributed by atoms with Crippen LogP contribution in [0.1, 0.15) is 54.1 Å². The second-order valence-electron chi connectivity index (χ2n) is 6.81. The van der Waals surface area contributed by atoms with Crippen LogP contribution in [0.3, 0.4) is 0 Å². The molecule has 1 aromatic carbocycles. The third kappa shape index (κ3) is 4.43. The van der Waals surface area contributed by atoms with E-state index in [0.29, 0.717) is 23.1 Å². The molecular weight excluding hydrogens is 352 g/mol. The molecule has 1 aliphatic rings. The number of nitrogens with zero attached hydrogens (tertiary/aromatic N) is 2. The SMILES string of the molecule is Cc1ccc(C(=O)Nc2ccnn2C2CCCCC2)cc1NS(C)(=O)=O. The zero-order valence-corrected chi connectivity index (χ0v) is 15.8. The van der Waals surface area contributed by atoms with Gasteiger partial charge in [-0.15, -0.1) is 0 Å². The fourth-order valence-electron chi connectivity index (χ4n) is 3.29. The zero-order valence-electron chi connectivity index (χ0n) is 15.0. The Morgan fingerprint density at radius 2 is 1.92 bits per heavy atom. The lowest BCUT2D eigenvalue weighted by atomic mass is 9.96. The Morgan fingerprint density at radius 1 is 1.19 bits per heavy atom. The Balaban J connectivity index is 1.79. The number of hydrogen-bond donors (Lipinski definition) is 2. The number of aromatic nitrogens is 2. The number of rotatable bonds is 5. The molecule has 0 atom stereocenters. The molecule has 26 heavy (non-hydrogen) atoms. The number of aryl methyl sites for hydroxylation is 1. The largest absolute Gasteiger partial charge is 0.307 e. The summed E-state index contributed by atoms with van der Waals surface area (Å²) in [6.45, 7) is 1.79. The molecule has 1 aromatic heterocycles. The molecule has 1 saturated carbocycles. The third-order valence-electron chi connectivity index (χ3n) is 4.63. The quantitative estimate of drug-likeness (QED) is 0.837. The summed E-state index contributed by atoms with van der Waals surface area (Å²) < 4.78 is 27.3. The number of carbonyl (C=O) groups excluding carboxylic acids is 1. The van der Waals surface area contributed by atoms with E-state index in [2.05, 4.69) is 15.1 Å². The number of sulfonamides is 1. The van der Waals surface area contributed by atoms with Gasteiger partial charge in [-0.3, -0.25) is 9.52 Å². The summed E-state index contributed by atoms with van der Waals surface area (Å²) in [6, 6.07) is 7.05. The highest BCUT2D eigenvalue weighted by Gasteiger charge is 2.20. The first-order chi connectivity index (χ1) is 12.3. The molecule has 0 bridgehead atoms. The van der Waals surface area contributed by atoms with E-state index in [1.54, 1.807) is 37.4 Å². The van der Waals surface area contributed by atoms with Crippen molar-refractivity contribution in [3.63, 3.8) is 0 Å². The molecule has 0 spiro atoms. The van der Waals surface area contributed by atoms with Gasteiger partial charge < -0.3 is 5.32 Å². The van der Waals surface area contributed by atoms with Gasteiger partial charge in [-0.25, -0.2) is 13.1 Å². The molecule has 0 unspecified atom stereocenters. The van der Waals surface area contributed by atoms with Crippen LogP contribution in [0.25, 0.3) is 0 Å². The molecule has 2 aromatic rings. The normalized spacial score (nSPS) is 15.6. The third-order valence-corrected chi connectivity index (χ3v) is 5.22. The molecule has 0 saturated heterocycles. The summed E-state index contributed by atoms with van der Waals surface area (Å²) in [5, 5.41) is 7.27. The summed E-state index contributed by atoms with van der Waals surface area (Å²) in [5.74, 6) is 0.374. The van der Waals surface area contributed by atoms with E-state index in [9.17, 15) is 13.2 Å². The van der Waals surface area contributed by atoms with Gasteiger partial charge in [0.25, 0.3) is 5.91 Å². The van der Waals surface area contributed by atoms with Crippen LogP contribution >= 0.6 is 0 Å². The fraction of sp³-hybridized carbons (Fsp3) is 0.444. The molecular formula is C18H24N4O3S. The monoisotopic (exact) mass is 376 g/mol. The van der Waals surface area contributed by atoms with Crippen LogP contribution in [0.2, 0.25) is 0 Å². The highest BCUT2D eigenvalue weighted by Crippen LogP contribution is 2.30. The van der Waals surface area contributed by atoms with Gasteiger partial charge in [0.15, 0.2) is 0 Å². The Bertz CT molecular complexity index is 899. The maximum Gasteiger partial charge on any atom is 0.256 e.